The van der Waals surface area contributed by atoms with E-state index in [1.54, 1.807) is 52.2 Å². The predicted molar refractivity (Wildman–Crippen MR) is 204 cm³/mol. The number of nitrogens with one attached hydrogen (secondary N) is 1. The lowest BCUT2D eigenvalue weighted by Crippen LogP contribution is -2.53. The summed E-state index contributed by atoms with van der Waals surface area (Å²) in [5, 5.41) is 3.06. The van der Waals surface area contributed by atoms with Crippen molar-refractivity contribution in [3.05, 3.63) is 89.6 Å². The van der Waals surface area contributed by atoms with Crippen molar-refractivity contribution in [3.63, 3.8) is 0 Å². The molecule has 4 amide bonds. The normalized spacial score (nSPS) is 20.7. The number of likely N-dealkylation sites (tertiary alicyclic amines) is 2. The quantitative estimate of drug-likeness (QED) is 0.258. The summed E-state index contributed by atoms with van der Waals surface area (Å²) in [4.78, 5) is 61.6. The number of hydrogen-bond donors (Lipinski definition) is 3. The van der Waals surface area contributed by atoms with Crippen molar-refractivity contribution in [2.45, 2.75) is 69.6 Å². The molecule has 0 aliphatic carbocycles. The maximum Gasteiger partial charge on any atom is 0.410 e. The largest absolute Gasteiger partial charge is 0.447 e. The first-order valence-corrected chi connectivity index (χ1v) is 18.9. The number of amides is 4. The van der Waals surface area contributed by atoms with Gasteiger partial charge >= 0.3 is 12.2 Å². The third-order valence-corrected chi connectivity index (χ3v) is 10.5. The van der Waals surface area contributed by atoms with E-state index in [-0.39, 0.29) is 43.6 Å². The molecule has 4 heterocycles. The van der Waals surface area contributed by atoms with E-state index in [2.05, 4.69) is 10.3 Å². The maximum absolute atomic E-state index is 13.5. The summed E-state index contributed by atoms with van der Waals surface area (Å²) >= 11 is 0. The van der Waals surface area contributed by atoms with Crippen molar-refractivity contribution in [1.82, 2.24) is 20.1 Å². The van der Waals surface area contributed by atoms with Crippen LogP contribution in [-0.2, 0) is 36.9 Å². The Balaban J connectivity index is 1.00. The number of carbonyl (C=O) groups is 4. The van der Waals surface area contributed by atoms with Gasteiger partial charge in [-0.1, -0.05) is 42.5 Å². The molecular weight excluding hydrogens is 706 g/mol. The molecule has 0 unspecified atom stereocenters. The van der Waals surface area contributed by atoms with E-state index in [1.165, 1.54) is 0 Å². The number of pyridine rings is 1. The summed E-state index contributed by atoms with van der Waals surface area (Å²) in [5.74, 6) is -0.0855. The van der Waals surface area contributed by atoms with Gasteiger partial charge in [0, 0.05) is 63.7 Å². The van der Waals surface area contributed by atoms with Gasteiger partial charge in [-0.3, -0.25) is 9.59 Å². The first-order valence-electron chi connectivity index (χ1n) is 18.9. The molecular formula is C40H51N7O8. The molecule has 3 fully saturated rings. The monoisotopic (exact) mass is 757 g/mol. The number of aromatic nitrogens is 1. The van der Waals surface area contributed by atoms with Crippen LogP contribution in [-0.4, -0.2) is 110 Å². The highest BCUT2D eigenvalue weighted by Crippen LogP contribution is 2.27. The van der Waals surface area contributed by atoms with Gasteiger partial charge in [-0.25, -0.2) is 14.6 Å². The first kappa shape index (κ1) is 39.4. The van der Waals surface area contributed by atoms with Gasteiger partial charge in [-0.2, -0.15) is 0 Å². The van der Waals surface area contributed by atoms with Gasteiger partial charge in [-0.15, -0.1) is 0 Å². The van der Waals surface area contributed by atoms with Crippen LogP contribution in [0.1, 0.15) is 53.6 Å². The van der Waals surface area contributed by atoms with Gasteiger partial charge in [0.05, 0.1) is 25.1 Å². The molecule has 3 saturated heterocycles. The second kappa shape index (κ2) is 18.9. The standard InChI is InChI=1S/C40H51N7O8/c1-45(32-10-11-35(42)43-24-32)38(49)29-12-17-47(18-13-29)40(51)55-33-16-21-52-34(36(33)53-25-27-6-3-2-4-7-27)26-54-39(50)46-19-14-31(15-20-46)44-37(48)30-9-5-8-28(22-30)23-41/h2-11,22,24,29,31,33-34,36H,12-21,23,25-26,41H2,1H3,(H2,42,43)(H,44,48)/t33-,34-,36+/m1/s1. The fourth-order valence-corrected chi connectivity index (χ4v) is 7.15. The number of hydrogen-bond acceptors (Lipinski definition) is 11. The first-order chi connectivity index (χ1) is 26.7. The van der Waals surface area contributed by atoms with Crippen LogP contribution in [0.3, 0.4) is 0 Å². The number of ether oxygens (including phenoxy) is 4. The summed E-state index contributed by atoms with van der Waals surface area (Å²) < 4.78 is 24.2. The van der Waals surface area contributed by atoms with E-state index in [0.717, 1.165) is 11.1 Å². The summed E-state index contributed by atoms with van der Waals surface area (Å²) in [6.07, 6.45) is 1.12. The average Bonchev–Trinajstić information content (AvgIpc) is 3.22. The molecule has 6 rings (SSSR count). The molecule has 3 aliphatic rings. The Morgan fingerprint density at radius 3 is 2.31 bits per heavy atom. The Morgan fingerprint density at radius 1 is 0.891 bits per heavy atom. The van der Waals surface area contributed by atoms with Gasteiger partial charge < -0.3 is 50.4 Å². The summed E-state index contributed by atoms with van der Waals surface area (Å²) in [7, 11) is 1.71. The van der Waals surface area contributed by atoms with Crippen LogP contribution in [0.4, 0.5) is 21.1 Å². The van der Waals surface area contributed by atoms with Gasteiger partial charge in [-0.05, 0) is 61.1 Å². The minimum absolute atomic E-state index is 0.0447. The molecule has 15 heteroatoms. The van der Waals surface area contributed by atoms with Crippen molar-refractivity contribution in [2.75, 3.05) is 57.1 Å². The van der Waals surface area contributed by atoms with Crippen molar-refractivity contribution in [2.24, 2.45) is 11.7 Å². The number of benzene rings is 2. The number of carbonyl (C=O) groups excluding carboxylic acids is 4. The number of piperidine rings is 2. The highest BCUT2D eigenvalue weighted by molar-refractivity contribution is 5.95. The maximum atomic E-state index is 13.5. The third kappa shape index (κ3) is 10.5. The minimum atomic E-state index is -0.703. The molecule has 0 saturated carbocycles. The number of nitrogen functional groups attached to an aromatic ring is 1. The van der Waals surface area contributed by atoms with Crippen molar-refractivity contribution in [1.29, 1.82) is 0 Å². The van der Waals surface area contributed by atoms with Crippen LogP contribution in [0.2, 0.25) is 0 Å². The summed E-state index contributed by atoms with van der Waals surface area (Å²) in [6, 6.07) is 20.2. The second-order valence-electron chi connectivity index (χ2n) is 14.2. The molecule has 294 valence electrons. The number of nitrogens with two attached hydrogens (primary N) is 2. The minimum Gasteiger partial charge on any atom is -0.447 e. The molecule has 5 N–H and O–H groups in total. The van der Waals surface area contributed by atoms with E-state index in [9.17, 15) is 19.2 Å². The van der Waals surface area contributed by atoms with Gasteiger partial charge in [0.15, 0.2) is 0 Å². The van der Waals surface area contributed by atoms with E-state index >= 15 is 0 Å². The van der Waals surface area contributed by atoms with Crippen molar-refractivity contribution in [3.8, 4) is 0 Å². The summed E-state index contributed by atoms with van der Waals surface area (Å²) in [5.41, 5.74) is 14.4. The van der Waals surface area contributed by atoms with Crippen LogP contribution in [0.5, 0.6) is 0 Å². The fraction of sp³-hybridized carbons (Fsp3) is 0.475. The zero-order chi connectivity index (χ0) is 38.7. The van der Waals surface area contributed by atoms with Crippen molar-refractivity contribution < 1.29 is 38.1 Å². The third-order valence-electron chi connectivity index (χ3n) is 10.5. The highest BCUT2D eigenvalue weighted by Gasteiger charge is 2.40. The molecule has 55 heavy (non-hydrogen) atoms. The molecule has 0 bridgehead atoms. The van der Waals surface area contributed by atoms with Crippen LogP contribution >= 0.6 is 0 Å². The zero-order valence-electron chi connectivity index (χ0n) is 31.2. The Kier molecular flexibility index (Phi) is 13.5. The number of nitrogens with zero attached hydrogens (tertiary/aromatic N) is 4. The molecule has 15 nitrogen and oxygen atoms in total. The van der Waals surface area contributed by atoms with Crippen LogP contribution < -0.4 is 21.7 Å². The van der Waals surface area contributed by atoms with Crippen LogP contribution in [0, 0.1) is 5.92 Å². The molecule has 3 aliphatic heterocycles. The highest BCUT2D eigenvalue weighted by atomic mass is 16.6. The smallest absolute Gasteiger partial charge is 0.410 e. The van der Waals surface area contributed by atoms with Gasteiger partial charge in [0.25, 0.3) is 5.91 Å². The number of anilines is 2. The molecule has 0 spiro atoms. The Hall–Kier alpha value is -5.25. The Labute approximate surface area is 321 Å². The number of rotatable bonds is 11. The SMILES string of the molecule is CN(C(=O)C1CCN(C(=O)O[C@@H]2CCO[C@H](COC(=O)N3CCC(NC(=O)c4cccc(CN)c4)CC3)[C@H]2OCc2ccccc2)CC1)c1ccc(N)nc1. The lowest BCUT2D eigenvalue weighted by Gasteiger charge is -2.39. The molecule has 1 aromatic heterocycles. The molecule has 3 aromatic rings. The topological polar surface area (TPSA) is 192 Å². The second-order valence-corrected chi connectivity index (χ2v) is 14.2. The fourth-order valence-electron chi connectivity index (χ4n) is 7.15. The molecule has 3 atom stereocenters. The zero-order valence-corrected chi connectivity index (χ0v) is 31.2. The van der Waals surface area contributed by atoms with Gasteiger partial charge in [0.1, 0.15) is 30.7 Å². The van der Waals surface area contributed by atoms with Crippen LogP contribution in [0.15, 0.2) is 72.9 Å². The molecule has 2 aromatic carbocycles. The average molecular weight is 758 g/mol. The molecule has 0 radical (unpaired) electrons. The van der Waals surface area contributed by atoms with E-state index in [0.29, 0.717) is 81.9 Å². The lowest BCUT2D eigenvalue weighted by molar-refractivity contribution is -0.178. The van der Waals surface area contributed by atoms with Crippen molar-refractivity contribution >= 4 is 35.5 Å². The lowest BCUT2D eigenvalue weighted by atomic mass is 9.95. The Bertz CT molecular complexity index is 1750. The summed E-state index contributed by atoms with van der Waals surface area (Å²) in [6.45, 7) is 2.36. The van der Waals surface area contributed by atoms with E-state index < -0.39 is 30.5 Å². The van der Waals surface area contributed by atoms with Gasteiger partial charge in [0.2, 0.25) is 5.91 Å². The Morgan fingerprint density at radius 2 is 1.60 bits per heavy atom. The van der Waals surface area contributed by atoms with Crippen LogP contribution in [0.25, 0.3) is 0 Å². The van der Waals surface area contributed by atoms with E-state index in [4.69, 9.17) is 30.4 Å². The van der Waals surface area contributed by atoms with E-state index in [1.807, 2.05) is 42.5 Å². The predicted octanol–water partition coefficient (Wildman–Crippen LogP) is 3.71.